The van der Waals surface area contributed by atoms with Gasteiger partial charge in [-0.1, -0.05) is 26.7 Å². The van der Waals surface area contributed by atoms with Gasteiger partial charge in [-0.05, 0) is 26.7 Å². The van der Waals surface area contributed by atoms with Crippen LogP contribution < -0.4 is 10.6 Å². The summed E-state index contributed by atoms with van der Waals surface area (Å²) in [6, 6.07) is 0.437. The van der Waals surface area contributed by atoms with Gasteiger partial charge in [0.1, 0.15) is 0 Å². The normalized spacial score (nSPS) is 16.9. The maximum absolute atomic E-state index is 12.2. The number of ether oxygens (including phenoxy) is 1. The fourth-order valence-corrected chi connectivity index (χ4v) is 3.85. The van der Waals surface area contributed by atoms with Crippen LogP contribution in [0.1, 0.15) is 53.9 Å². The van der Waals surface area contributed by atoms with Gasteiger partial charge in [0.25, 0.3) is 0 Å². The van der Waals surface area contributed by atoms with Crippen molar-refractivity contribution in [2.24, 2.45) is 10.9 Å². The van der Waals surface area contributed by atoms with Gasteiger partial charge in [0.05, 0.1) is 19.8 Å². The zero-order chi connectivity index (χ0) is 20.8. The van der Waals surface area contributed by atoms with Crippen LogP contribution in [0.3, 0.4) is 0 Å². The van der Waals surface area contributed by atoms with Crippen molar-refractivity contribution >= 4 is 11.9 Å². The van der Waals surface area contributed by atoms with Crippen molar-refractivity contribution in [1.29, 1.82) is 0 Å². The second-order valence-electron chi connectivity index (χ2n) is 7.25. The van der Waals surface area contributed by atoms with Crippen LogP contribution in [0.25, 0.3) is 0 Å². The summed E-state index contributed by atoms with van der Waals surface area (Å²) in [6.45, 7) is 18.0. The van der Waals surface area contributed by atoms with E-state index in [1.807, 2.05) is 18.7 Å². The lowest BCUT2D eigenvalue weighted by Crippen LogP contribution is -2.49. The predicted octanol–water partition coefficient (Wildman–Crippen LogP) is 1.94. The van der Waals surface area contributed by atoms with Gasteiger partial charge in [-0.3, -0.25) is 14.7 Å². The van der Waals surface area contributed by atoms with Crippen LogP contribution in [0.5, 0.6) is 0 Å². The second kappa shape index (κ2) is 14.6. The molecule has 2 N–H and O–H groups in total. The van der Waals surface area contributed by atoms with E-state index in [0.29, 0.717) is 24.9 Å². The molecule has 0 radical (unpaired) electrons. The first kappa shape index (κ1) is 24.7. The molecule has 1 fully saturated rings. The Morgan fingerprint density at radius 2 is 1.71 bits per heavy atom. The van der Waals surface area contributed by atoms with Gasteiger partial charge in [-0.25, -0.2) is 0 Å². The molecule has 7 heteroatoms. The minimum atomic E-state index is 0.191. The number of amides is 1. The maximum Gasteiger partial charge on any atom is 0.224 e. The molecule has 28 heavy (non-hydrogen) atoms. The van der Waals surface area contributed by atoms with E-state index < -0.39 is 0 Å². The van der Waals surface area contributed by atoms with Crippen molar-refractivity contribution in [3.05, 3.63) is 0 Å². The smallest absolute Gasteiger partial charge is 0.224 e. The molecule has 1 aliphatic rings. The Balaban J connectivity index is 2.68. The van der Waals surface area contributed by atoms with Gasteiger partial charge in [-0.15, -0.1) is 0 Å². The van der Waals surface area contributed by atoms with Gasteiger partial charge in [0.2, 0.25) is 5.91 Å². The van der Waals surface area contributed by atoms with Crippen LogP contribution in [0.2, 0.25) is 0 Å². The lowest BCUT2D eigenvalue weighted by atomic mass is 9.92. The van der Waals surface area contributed by atoms with Crippen molar-refractivity contribution in [2.45, 2.75) is 59.9 Å². The van der Waals surface area contributed by atoms with Crippen LogP contribution in [-0.4, -0.2) is 86.7 Å². The molecule has 0 aliphatic carbocycles. The summed E-state index contributed by atoms with van der Waals surface area (Å²) in [4.78, 5) is 21.5. The molecule has 164 valence electrons. The average Bonchev–Trinajstić information content (AvgIpc) is 2.72. The number of rotatable bonds is 12. The Hall–Kier alpha value is -1.34. The molecule has 1 heterocycles. The third-order valence-corrected chi connectivity index (χ3v) is 5.64. The third-order valence-electron chi connectivity index (χ3n) is 5.64. The second-order valence-corrected chi connectivity index (χ2v) is 7.25. The van der Waals surface area contributed by atoms with E-state index in [2.05, 4.69) is 36.3 Å². The first-order valence-electron chi connectivity index (χ1n) is 11.2. The molecule has 1 saturated heterocycles. The van der Waals surface area contributed by atoms with Crippen LogP contribution in [0, 0.1) is 5.92 Å². The zero-order valence-corrected chi connectivity index (χ0v) is 18.8. The van der Waals surface area contributed by atoms with Crippen LogP contribution in [0.4, 0.5) is 0 Å². The zero-order valence-electron chi connectivity index (χ0n) is 18.8. The number of nitrogens with one attached hydrogen (secondary N) is 2. The summed E-state index contributed by atoms with van der Waals surface area (Å²) in [5, 5.41) is 6.65. The SMILES string of the molecule is CCNC(=NCC(C(CC)CC)N1CCOCC1)NCCC(=O)N(CC)CC. The number of morpholine rings is 1. The van der Waals surface area contributed by atoms with Crippen LogP contribution >= 0.6 is 0 Å². The molecular formula is C21H43N5O2. The van der Waals surface area contributed by atoms with E-state index in [4.69, 9.17) is 9.73 Å². The standard InChI is InChI=1S/C21H43N5O2/c1-6-18(7-2)19(26-13-15-28-16-14-26)17-24-21(22-8-3)23-12-11-20(27)25(9-4)10-5/h18-19H,6-17H2,1-5H3,(H2,22,23,24). The minimum Gasteiger partial charge on any atom is -0.379 e. The van der Waals surface area contributed by atoms with Crippen LogP contribution in [0.15, 0.2) is 4.99 Å². The van der Waals surface area contributed by atoms with Gasteiger partial charge in [-0.2, -0.15) is 0 Å². The summed E-state index contributed by atoms with van der Waals surface area (Å²) >= 11 is 0. The quantitative estimate of drug-likeness (QED) is 0.389. The Morgan fingerprint density at radius 1 is 1.07 bits per heavy atom. The largest absolute Gasteiger partial charge is 0.379 e. The molecule has 0 bridgehead atoms. The molecule has 0 aromatic carbocycles. The lowest BCUT2D eigenvalue weighted by Gasteiger charge is -2.38. The van der Waals surface area contributed by atoms with E-state index >= 15 is 0 Å². The fraction of sp³-hybridized carbons (Fsp3) is 0.905. The number of hydrogen-bond donors (Lipinski definition) is 2. The molecule has 0 spiro atoms. The van der Waals surface area contributed by atoms with E-state index in [9.17, 15) is 4.79 Å². The monoisotopic (exact) mass is 397 g/mol. The third kappa shape index (κ3) is 8.35. The molecule has 7 nitrogen and oxygen atoms in total. The number of carbonyl (C=O) groups excluding carboxylic acids is 1. The number of carbonyl (C=O) groups is 1. The molecule has 0 aromatic heterocycles. The lowest BCUT2D eigenvalue weighted by molar-refractivity contribution is -0.130. The first-order valence-corrected chi connectivity index (χ1v) is 11.2. The molecule has 0 aromatic rings. The summed E-state index contributed by atoms with van der Waals surface area (Å²) in [6.07, 6.45) is 2.82. The minimum absolute atomic E-state index is 0.191. The topological polar surface area (TPSA) is 69.2 Å². The highest BCUT2D eigenvalue weighted by atomic mass is 16.5. The molecular weight excluding hydrogens is 354 g/mol. The van der Waals surface area contributed by atoms with Crippen LogP contribution in [-0.2, 0) is 9.53 Å². The number of hydrogen-bond acceptors (Lipinski definition) is 4. The fourth-order valence-electron chi connectivity index (χ4n) is 3.85. The van der Waals surface area contributed by atoms with Gasteiger partial charge in [0.15, 0.2) is 5.96 Å². The first-order chi connectivity index (χ1) is 13.6. The highest BCUT2D eigenvalue weighted by Gasteiger charge is 2.26. The highest BCUT2D eigenvalue weighted by molar-refractivity contribution is 5.81. The summed E-state index contributed by atoms with van der Waals surface area (Å²) < 4.78 is 5.54. The summed E-state index contributed by atoms with van der Waals surface area (Å²) in [5.41, 5.74) is 0. The van der Waals surface area contributed by atoms with E-state index in [1.54, 1.807) is 0 Å². The van der Waals surface area contributed by atoms with Gasteiger partial charge >= 0.3 is 0 Å². The molecule has 1 aliphatic heterocycles. The number of aliphatic imine (C=N–C) groups is 1. The molecule has 1 unspecified atom stereocenters. The predicted molar refractivity (Wildman–Crippen MR) is 117 cm³/mol. The van der Waals surface area contributed by atoms with Gasteiger partial charge in [0, 0.05) is 51.7 Å². The van der Waals surface area contributed by atoms with E-state index in [0.717, 1.165) is 71.3 Å². The number of nitrogens with zero attached hydrogens (tertiary/aromatic N) is 3. The molecule has 1 amide bonds. The van der Waals surface area contributed by atoms with Crippen molar-refractivity contribution in [3.8, 4) is 0 Å². The summed E-state index contributed by atoms with van der Waals surface area (Å²) in [5.74, 6) is 1.63. The summed E-state index contributed by atoms with van der Waals surface area (Å²) in [7, 11) is 0. The Kier molecular flexibility index (Phi) is 12.9. The van der Waals surface area contributed by atoms with Crippen molar-refractivity contribution in [3.63, 3.8) is 0 Å². The van der Waals surface area contributed by atoms with Crippen molar-refractivity contribution < 1.29 is 9.53 Å². The van der Waals surface area contributed by atoms with E-state index in [1.165, 1.54) is 0 Å². The average molecular weight is 398 g/mol. The highest BCUT2D eigenvalue weighted by Crippen LogP contribution is 2.20. The Morgan fingerprint density at radius 3 is 2.25 bits per heavy atom. The molecule has 1 rings (SSSR count). The van der Waals surface area contributed by atoms with Gasteiger partial charge < -0.3 is 20.3 Å². The molecule has 0 saturated carbocycles. The van der Waals surface area contributed by atoms with Crippen molar-refractivity contribution in [2.75, 3.05) is 59.0 Å². The van der Waals surface area contributed by atoms with E-state index in [-0.39, 0.29) is 5.91 Å². The Labute approximate surface area is 172 Å². The maximum atomic E-state index is 12.2. The Bertz CT molecular complexity index is 444. The van der Waals surface area contributed by atoms with Crippen molar-refractivity contribution in [1.82, 2.24) is 20.4 Å². The number of guanidine groups is 1. The molecule has 1 atom stereocenters.